The van der Waals surface area contributed by atoms with Crippen molar-refractivity contribution in [3.05, 3.63) is 40.6 Å². The Morgan fingerprint density at radius 2 is 2.00 bits per heavy atom. The van der Waals surface area contributed by atoms with Crippen LogP contribution in [0.1, 0.15) is 13.8 Å². The summed E-state index contributed by atoms with van der Waals surface area (Å²) in [6.07, 6.45) is 3.20. The van der Waals surface area contributed by atoms with Crippen molar-refractivity contribution in [1.29, 1.82) is 0 Å². The third kappa shape index (κ3) is 5.41. The highest BCUT2D eigenvalue weighted by molar-refractivity contribution is 6.35. The van der Waals surface area contributed by atoms with Crippen LogP contribution in [-0.2, 0) is 11.3 Å². The summed E-state index contributed by atoms with van der Waals surface area (Å²) in [7, 11) is 0. The van der Waals surface area contributed by atoms with Crippen LogP contribution in [0.15, 0.2) is 30.6 Å². The number of nitrogens with one attached hydrogen (secondary N) is 1. The first-order valence-electron chi connectivity index (χ1n) is 7.17. The number of ether oxygens (including phenoxy) is 1. The molecule has 0 unspecified atom stereocenters. The summed E-state index contributed by atoms with van der Waals surface area (Å²) < 4.78 is 5.43. The number of hydrogen-bond donors (Lipinski definition) is 1. The predicted molar refractivity (Wildman–Crippen MR) is 88.7 cm³/mol. The van der Waals surface area contributed by atoms with E-state index < -0.39 is 0 Å². The van der Waals surface area contributed by atoms with Crippen molar-refractivity contribution in [2.75, 3.05) is 6.61 Å². The largest absolute Gasteiger partial charge is 0.482 e. The van der Waals surface area contributed by atoms with Gasteiger partial charge in [0.2, 0.25) is 0 Å². The molecule has 1 aromatic heterocycles. The lowest BCUT2D eigenvalue weighted by atomic mass is 10.0. The van der Waals surface area contributed by atoms with Crippen molar-refractivity contribution in [3.63, 3.8) is 0 Å². The zero-order chi connectivity index (χ0) is 16.8. The molecule has 0 aliphatic carbocycles. The van der Waals surface area contributed by atoms with Gasteiger partial charge in [-0.1, -0.05) is 37.0 Å². The molecule has 0 spiro atoms. The van der Waals surface area contributed by atoms with E-state index in [1.165, 1.54) is 0 Å². The maximum Gasteiger partial charge on any atom is 0.258 e. The second kappa shape index (κ2) is 8.17. The minimum absolute atomic E-state index is 0.0980. The Hall–Kier alpha value is -1.79. The highest BCUT2D eigenvalue weighted by Gasteiger charge is 2.18. The first kappa shape index (κ1) is 17.6. The fourth-order valence-electron chi connectivity index (χ4n) is 1.92. The van der Waals surface area contributed by atoms with E-state index in [9.17, 15) is 4.79 Å². The molecule has 8 heteroatoms. The van der Waals surface area contributed by atoms with Gasteiger partial charge in [0.05, 0.1) is 30.0 Å². The summed E-state index contributed by atoms with van der Waals surface area (Å²) in [6.45, 7) is 4.41. The fraction of sp³-hybridized carbons (Fsp3) is 0.400. The first-order chi connectivity index (χ1) is 11.0. The SMILES string of the molecule is CC(C)[C@H](Cn1nccn1)NC(=O)COc1ccc(Cl)cc1Cl. The Balaban J connectivity index is 1.89. The number of rotatable bonds is 7. The van der Waals surface area contributed by atoms with Crippen molar-refractivity contribution in [3.8, 4) is 5.75 Å². The number of aromatic nitrogens is 3. The van der Waals surface area contributed by atoms with Crippen molar-refractivity contribution in [2.45, 2.75) is 26.4 Å². The van der Waals surface area contributed by atoms with Gasteiger partial charge in [0.15, 0.2) is 6.61 Å². The topological polar surface area (TPSA) is 69.0 Å². The van der Waals surface area contributed by atoms with Crippen molar-refractivity contribution in [2.24, 2.45) is 5.92 Å². The average Bonchev–Trinajstić information content (AvgIpc) is 2.98. The lowest BCUT2D eigenvalue weighted by Crippen LogP contribution is -2.44. The van der Waals surface area contributed by atoms with Crippen LogP contribution in [0.5, 0.6) is 5.75 Å². The number of carbonyl (C=O) groups is 1. The van der Waals surface area contributed by atoms with Gasteiger partial charge >= 0.3 is 0 Å². The highest BCUT2D eigenvalue weighted by atomic mass is 35.5. The van der Waals surface area contributed by atoms with Crippen molar-refractivity contribution >= 4 is 29.1 Å². The predicted octanol–water partition coefficient (Wildman–Crippen LogP) is 2.80. The van der Waals surface area contributed by atoms with Gasteiger partial charge < -0.3 is 10.1 Å². The van der Waals surface area contributed by atoms with E-state index in [1.54, 1.807) is 35.4 Å². The van der Waals surface area contributed by atoms with Crippen molar-refractivity contribution in [1.82, 2.24) is 20.3 Å². The Morgan fingerprint density at radius 1 is 1.30 bits per heavy atom. The van der Waals surface area contributed by atoms with Crippen LogP contribution < -0.4 is 10.1 Å². The van der Waals surface area contributed by atoms with Crippen LogP contribution in [0.3, 0.4) is 0 Å². The van der Waals surface area contributed by atoms with Crippen molar-refractivity contribution < 1.29 is 9.53 Å². The monoisotopic (exact) mass is 356 g/mol. The molecular weight excluding hydrogens is 339 g/mol. The van der Waals surface area contributed by atoms with Gasteiger partial charge in [-0.15, -0.1) is 0 Å². The number of nitrogens with zero attached hydrogens (tertiary/aromatic N) is 3. The van der Waals surface area contributed by atoms with Gasteiger partial charge in [0, 0.05) is 5.02 Å². The molecule has 6 nitrogen and oxygen atoms in total. The van der Waals surface area contributed by atoms with E-state index in [4.69, 9.17) is 27.9 Å². The molecule has 23 heavy (non-hydrogen) atoms. The third-order valence-corrected chi connectivity index (χ3v) is 3.76. The summed E-state index contributed by atoms with van der Waals surface area (Å²) in [4.78, 5) is 13.6. The Bertz CT molecular complexity index is 647. The molecule has 0 radical (unpaired) electrons. The van der Waals surface area contributed by atoms with Crippen LogP contribution in [0, 0.1) is 5.92 Å². The molecule has 1 aromatic carbocycles. The third-order valence-electron chi connectivity index (χ3n) is 3.23. The average molecular weight is 357 g/mol. The van der Waals surface area contributed by atoms with Crippen LogP contribution >= 0.6 is 23.2 Å². The number of hydrogen-bond acceptors (Lipinski definition) is 4. The van der Waals surface area contributed by atoms with Gasteiger partial charge in [-0.2, -0.15) is 15.0 Å². The fourth-order valence-corrected chi connectivity index (χ4v) is 2.38. The zero-order valence-electron chi connectivity index (χ0n) is 12.9. The Morgan fingerprint density at radius 3 is 2.61 bits per heavy atom. The maximum absolute atomic E-state index is 12.1. The summed E-state index contributed by atoms with van der Waals surface area (Å²) in [5.74, 6) is 0.409. The lowest BCUT2D eigenvalue weighted by molar-refractivity contribution is -0.124. The zero-order valence-corrected chi connectivity index (χ0v) is 14.4. The summed E-state index contributed by atoms with van der Waals surface area (Å²) in [5, 5.41) is 11.9. The number of halogens is 2. The quantitative estimate of drug-likeness (QED) is 0.827. The molecular formula is C15H18Cl2N4O2. The van der Waals surface area contributed by atoms with Gasteiger partial charge in [-0.3, -0.25) is 4.79 Å². The van der Waals surface area contributed by atoms with Gasteiger partial charge in [0.25, 0.3) is 5.91 Å². The van der Waals surface area contributed by atoms with Crippen LogP contribution in [0.4, 0.5) is 0 Å². The van der Waals surface area contributed by atoms with Crippen LogP contribution in [-0.4, -0.2) is 33.5 Å². The lowest BCUT2D eigenvalue weighted by Gasteiger charge is -2.22. The summed E-state index contributed by atoms with van der Waals surface area (Å²) in [6, 6.07) is 4.75. The second-order valence-corrected chi connectivity index (χ2v) is 6.21. The smallest absolute Gasteiger partial charge is 0.258 e. The van der Waals surface area contributed by atoms with E-state index in [0.29, 0.717) is 22.3 Å². The van der Waals surface area contributed by atoms with E-state index in [2.05, 4.69) is 15.5 Å². The van der Waals surface area contributed by atoms with E-state index in [1.807, 2.05) is 13.8 Å². The Kier molecular flexibility index (Phi) is 6.24. The molecule has 2 rings (SSSR count). The summed E-state index contributed by atoms with van der Waals surface area (Å²) in [5.41, 5.74) is 0. The minimum Gasteiger partial charge on any atom is -0.482 e. The molecule has 0 fully saturated rings. The first-order valence-corrected chi connectivity index (χ1v) is 7.92. The number of amides is 1. The van der Waals surface area contributed by atoms with Crippen LogP contribution in [0.2, 0.25) is 10.0 Å². The molecule has 0 aliphatic heterocycles. The molecule has 0 aliphatic rings. The molecule has 0 saturated heterocycles. The number of carbonyl (C=O) groups excluding carboxylic acids is 1. The molecule has 2 aromatic rings. The second-order valence-electron chi connectivity index (χ2n) is 5.37. The molecule has 124 valence electrons. The number of benzene rings is 1. The molecule has 0 saturated carbocycles. The highest BCUT2D eigenvalue weighted by Crippen LogP contribution is 2.27. The minimum atomic E-state index is -0.234. The molecule has 1 N–H and O–H groups in total. The van der Waals surface area contributed by atoms with E-state index in [0.717, 1.165) is 0 Å². The van der Waals surface area contributed by atoms with E-state index >= 15 is 0 Å². The standard InChI is InChI=1S/C15H18Cl2N4O2/c1-10(2)13(8-21-18-5-6-19-21)20-15(22)9-23-14-4-3-11(16)7-12(14)17/h3-7,10,13H,8-9H2,1-2H3,(H,20,22)/t13-/m0/s1. The maximum atomic E-state index is 12.1. The molecule has 1 atom stereocenters. The van der Waals surface area contributed by atoms with Crippen LogP contribution in [0.25, 0.3) is 0 Å². The van der Waals surface area contributed by atoms with Gasteiger partial charge in [0.1, 0.15) is 5.75 Å². The normalized spacial score (nSPS) is 12.2. The molecule has 1 heterocycles. The Labute approximate surface area is 144 Å². The van der Waals surface area contributed by atoms with E-state index in [-0.39, 0.29) is 24.5 Å². The molecule has 1 amide bonds. The van der Waals surface area contributed by atoms with Gasteiger partial charge in [-0.05, 0) is 24.1 Å². The van der Waals surface area contributed by atoms with Gasteiger partial charge in [-0.25, -0.2) is 0 Å². The molecule has 0 bridgehead atoms. The summed E-state index contributed by atoms with van der Waals surface area (Å²) >= 11 is 11.8.